The highest BCUT2D eigenvalue weighted by Gasteiger charge is 2.11. The Morgan fingerprint density at radius 3 is 2.11 bits per heavy atom. The molecular formula is C5H11NO2S. The first-order valence-electron chi connectivity index (χ1n) is 2.59. The fraction of sp³-hybridized carbons (Fsp3) is 0.800. The predicted octanol–water partition coefficient (Wildman–Crippen LogP) is 1.70. The molecule has 0 radical (unpaired) electrons. The molecule has 2 N–H and O–H groups in total. The number of hydrogen-bond acceptors (Lipinski definition) is 2. The topological polar surface area (TPSA) is 49.3 Å². The second-order valence-electron chi connectivity index (χ2n) is 2.62. The Morgan fingerprint density at radius 2 is 2.00 bits per heavy atom. The fourth-order valence-corrected chi connectivity index (χ4v) is 0.590. The summed E-state index contributed by atoms with van der Waals surface area (Å²) in [5.74, 6) is 0. The summed E-state index contributed by atoms with van der Waals surface area (Å²) in [5, 5.41) is 8.14. The normalized spacial score (nSPS) is 11.0. The zero-order chi connectivity index (χ0) is 7.49. The van der Waals surface area contributed by atoms with E-state index in [1.807, 2.05) is 20.8 Å². The van der Waals surface area contributed by atoms with Gasteiger partial charge in [-0.3, -0.25) is 4.72 Å². The minimum absolute atomic E-state index is 0.0433. The minimum Gasteiger partial charge on any atom is -0.464 e. The van der Waals surface area contributed by atoms with Crippen molar-refractivity contribution in [2.45, 2.75) is 25.5 Å². The average molecular weight is 149 g/mol. The van der Waals surface area contributed by atoms with Crippen LogP contribution in [0.2, 0.25) is 0 Å². The van der Waals surface area contributed by atoms with Crippen LogP contribution < -0.4 is 4.72 Å². The number of rotatable bonds is 1. The van der Waals surface area contributed by atoms with Gasteiger partial charge in [0.1, 0.15) is 0 Å². The molecule has 54 valence electrons. The van der Waals surface area contributed by atoms with E-state index in [9.17, 15) is 4.79 Å². The van der Waals surface area contributed by atoms with Gasteiger partial charge in [0.15, 0.2) is 0 Å². The van der Waals surface area contributed by atoms with Crippen LogP contribution in [0.25, 0.3) is 0 Å². The zero-order valence-electron chi connectivity index (χ0n) is 5.76. The Kier molecular flexibility index (Phi) is 2.84. The summed E-state index contributed by atoms with van der Waals surface area (Å²) in [7, 11) is 0. The number of hydrogen-bond donors (Lipinski definition) is 2. The third-order valence-corrected chi connectivity index (χ3v) is 1.33. The van der Waals surface area contributed by atoms with Crippen LogP contribution in [0.5, 0.6) is 0 Å². The Labute approximate surface area is 59.0 Å². The molecule has 0 rings (SSSR count). The quantitative estimate of drug-likeness (QED) is 0.558. The third-order valence-electron chi connectivity index (χ3n) is 0.445. The molecule has 0 spiro atoms. The van der Waals surface area contributed by atoms with Gasteiger partial charge in [-0.1, -0.05) is 0 Å². The van der Waals surface area contributed by atoms with Gasteiger partial charge in [0.05, 0.1) is 0 Å². The molecule has 0 aromatic rings. The molecule has 0 aliphatic heterocycles. The monoisotopic (exact) mass is 149 g/mol. The number of carboxylic acid groups (broad SMARTS) is 1. The number of amides is 1. The van der Waals surface area contributed by atoms with E-state index < -0.39 is 6.09 Å². The van der Waals surface area contributed by atoms with E-state index in [1.54, 1.807) is 0 Å². The molecule has 0 fully saturated rings. The van der Waals surface area contributed by atoms with E-state index >= 15 is 0 Å². The first-order chi connectivity index (χ1) is 3.92. The molecule has 0 saturated heterocycles. The second-order valence-corrected chi connectivity index (χ2v) is 4.25. The van der Waals surface area contributed by atoms with E-state index in [0.29, 0.717) is 0 Å². The largest absolute Gasteiger partial charge is 0.464 e. The molecule has 9 heavy (non-hydrogen) atoms. The summed E-state index contributed by atoms with van der Waals surface area (Å²) in [6.07, 6.45) is -0.991. The van der Waals surface area contributed by atoms with Gasteiger partial charge in [-0.15, -0.1) is 0 Å². The van der Waals surface area contributed by atoms with Crippen molar-refractivity contribution in [3.05, 3.63) is 0 Å². The van der Waals surface area contributed by atoms with E-state index in [2.05, 4.69) is 4.72 Å². The minimum atomic E-state index is -0.991. The Hall–Kier alpha value is -0.380. The molecule has 0 saturated carbocycles. The molecule has 4 heteroatoms. The van der Waals surface area contributed by atoms with Crippen LogP contribution in [0.4, 0.5) is 4.79 Å². The van der Waals surface area contributed by atoms with Crippen LogP contribution in [-0.2, 0) is 0 Å². The van der Waals surface area contributed by atoms with Crippen LogP contribution in [0, 0.1) is 0 Å². The number of nitrogens with one attached hydrogen (secondary N) is 1. The van der Waals surface area contributed by atoms with Gasteiger partial charge in [0.25, 0.3) is 0 Å². The summed E-state index contributed by atoms with van der Waals surface area (Å²) in [6, 6.07) is 0. The second kappa shape index (κ2) is 2.96. The fourth-order valence-electron chi connectivity index (χ4n) is 0.197. The number of carbonyl (C=O) groups is 1. The van der Waals surface area contributed by atoms with Crippen molar-refractivity contribution in [2.75, 3.05) is 0 Å². The molecule has 0 aromatic carbocycles. The van der Waals surface area contributed by atoms with Crippen molar-refractivity contribution in [3.8, 4) is 0 Å². The van der Waals surface area contributed by atoms with Crippen LogP contribution in [0.3, 0.4) is 0 Å². The van der Waals surface area contributed by atoms with Gasteiger partial charge in [0.2, 0.25) is 0 Å². The predicted molar refractivity (Wildman–Crippen MR) is 38.5 cm³/mol. The summed E-state index contributed by atoms with van der Waals surface area (Å²) < 4.78 is 2.18. The van der Waals surface area contributed by atoms with Crippen molar-refractivity contribution in [1.82, 2.24) is 4.72 Å². The maximum Gasteiger partial charge on any atom is 0.414 e. The van der Waals surface area contributed by atoms with Gasteiger partial charge >= 0.3 is 6.09 Å². The molecule has 0 aromatic heterocycles. The van der Waals surface area contributed by atoms with Crippen molar-refractivity contribution in [3.63, 3.8) is 0 Å². The molecule has 0 unspecified atom stereocenters. The van der Waals surface area contributed by atoms with Crippen molar-refractivity contribution in [1.29, 1.82) is 0 Å². The molecule has 1 amide bonds. The molecule has 0 atom stereocenters. The van der Waals surface area contributed by atoms with Gasteiger partial charge in [-0.05, 0) is 32.7 Å². The maximum atomic E-state index is 9.91. The lowest BCUT2D eigenvalue weighted by atomic mass is 10.3. The molecule has 3 nitrogen and oxygen atoms in total. The average Bonchev–Trinajstić information content (AvgIpc) is 1.59. The summed E-state index contributed by atoms with van der Waals surface area (Å²) in [5.41, 5.74) is 0. The Morgan fingerprint density at radius 1 is 1.56 bits per heavy atom. The van der Waals surface area contributed by atoms with E-state index in [4.69, 9.17) is 5.11 Å². The van der Waals surface area contributed by atoms with Gasteiger partial charge in [0, 0.05) is 4.75 Å². The summed E-state index contributed by atoms with van der Waals surface area (Å²) in [4.78, 5) is 9.91. The SMILES string of the molecule is CC(C)(C)SNC(=O)O. The third kappa shape index (κ3) is 7.62. The lowest BCUT2D eigenvalue weighted by molar-refractivity contribution is 0.201. The van der Waals surface area contributed by atoms with Crippen LogP contribution in [-0.4, -0.2) is 15.9 Å². The molecule has 0 aliphatic rings. The highest BCUT2D eigenvalue weighted by molar-refractivity contribution is 7.99. The van der Waals surface area contributed by atoms with E-state index in [0.717, 1.165) is 0 Å². The standard InChI is InChI=1S/C5H11NO2S/c1-5(2,3)9-6-4(7)8/h6H,1-3H3,(H,7,8). The van der Waals surface area contributed by atoms with Crippen molar-refractivity contribution < 1.29 is 9.90 Å². The van der Waals surface area contributed by atoms with Crippen molar-refractivity contribution in [2.24, 2.45) is 0 Å². The van der Waals surface area contributed by atoms with E-state index in [-0.39, 0.29) is 4.75 Å². The molecular weight excluding hydrogens is 138 g/mol. The highest BCUT2D eigenvalue weighted by Crippen LogP contribution is 2.18. The Balaban J connectivity index is 3.39. The van der Waals surface area contributed by atoms with Crippen LogP contribution in [0.15, 0.2) is 0 Å². The zero-order valence-corrected chi connectivity index (χ0v) is 6.58. The van der Waals surface area contributed by atoms with Crippen molar-refractivity contribution >= 4 is 18.0 Å². The lowest BCUT2D eigenvalue weighted by Crippen LogP contribution is -2.21. The molecule has 0 bridgehead atoms. The highest BCUT2D eigenvalue weighted by atomic mass is 32.2. The smallest absolute Gasteiger partial charge is 0.414 e. The van der Waals surface area contributed by atoms with Gasteiger partial charge < -0.3 is 5.11 Å². The van der Waals surface area contributed by atoms with Crippen LogP contribution >= 0.6 is 11.9 Å². The lowest BCUT2D eigenvalue weighted by Gasteiger charge is -2.15. The molecule has 0 aliphatic carbocycles. The maximum absolute atomic E-state index is 9.91. The summed E-state index contributed by atoms with van der Waals surface area (Å²) >= 11 is 1.19. The van der Waals surface area contributed by atoms with Crippen LogP contribution in [0.1, 0.15) is 20.8 Å². The van der Waals surface area contributed by atoms with Gasteiger partial charge in [-0.2, -0.15) is 0 Å². The first-order valence-corrected chi connectivity index (χ1v) is 3.40. The summed E-state index contributed by atoms with van der Waals surface area (Å²) in [6.45, 7) is 5.81. The van der Waals surface area contributed by atoms with E-state index in [1.165, 1.54) is 11.9 Å². The van der Waals surface area contributed by atoms with Gasteiger partial charge in [-0.25, -0.2) is 4.79 Å². The first kappa shape index (κ1) is 8.62. The Bertz CT molecular complexity index is 108. The molecule has 0 heterocycles.